The Kier molecular flexibility index (Phi) is 4.54. The number of hydrogen-bond acceptors (Lipinski definition) is 6. The SMILES string of the molecule is COC(=O)[C@@H]1CC/C(=C(/C#N)C(=O)OC(C)(C)C)N1. The molecule has 0 bridgehead atoms. The summed E-state index contributed by atoms with van der Waals surface area (Å²) in [4.78, 5) is 23.2. The number of rotatable bonds is 2. The first-order valence-corrected chi connectivity index (χ1v) is 5.99. The monoisotopic (exact) mass is 266 g/mol. The van der Waals surface area contributed by atoms with Crippen LogP contribution in [0.3, 0.4) is 0 Å². The summed E-state index contributed by atoms with van der Waals surface area (Å²) >= 11 is 0. The van der Waals surface area contributed by atoms with Crippen molar-refractivity contribution in [2.75, 3.05) is 7.11 Å². The number of nitriles is 1. The molecule has 19 heavy (non-hydrogen) atoms. The average molecular weight is 266 g/mol. The number of allylic oxidation sites excluding steroid dienone is 1. The van der Waals surface area contributed by atoms with Gasteiger partial charge in [0.25, 0.3) is 0 Å². The predicted molar refractivity (Wildman–Crippen MR) is 66.7 cm³/mol. The zero-order valence-corrected chi connectivity index (χ0v) is 11.6. The van der Waals surface area contributed by atoms with Crippen LogP contribution >= 0.6 is 0 Å². The van der Waals surface area contributed by atoms with Crippen LogP contribution < -0.4 is 5.32 Å². The molecule has 1 rings (SSSR count). The number of methoxy groups -OCH3 is 1. The van der Waals surface area contributed by atoms with Crippen molar-refractivity contribution in [3.8, 4) is 6.07 Å². The van der Waals surface area contributed by atoms with Crippen LogP contribution in [0.25, 0.3) is 0 Å². The van der Waals surface area contributed by atoms with Gasteiger partial charge in [0.05, 0.1) is 7.11 Å². The Morgan fingerprint density at radius 1 is 1.42 bits per heavy atom. The summed E-state index contributed by atoms with van der Waals surface area (Å²) in [6.45, 7) is 5.18. The smallest absolute Gasteiger partial charge is 0.351 e. The number of nitrogens with one attached hydrogen (secondary N) is 1. The van der Waals surface area contributed by atoms with Gasteiger partial charge in [0.15, 0.2) is 5.57 Å². The molecule has 0 radical (unpaired) electrons. The minimum Gasteiger partial charge on any atom is -0.467 e. The number of ether oxygens (including phenoxy) is 2. The van der Waals surface area contributed by atoms with Crippen LogP contribution in [0, 0.1) is 11.3 Å². The van der Waals surface area contributed by atoms with E-state index in [1.165, 1.54) is 7.11 Å². The minimum absolute atomic E-state index is 0.0821. The van der Waals surface area contributed by atoms with Gasteiger partial charge in [-0.25, -0.2) is 9.59 Å². The summed E-state index contributed by atoms with van der Waals surface area (Å²) in [5.41, 5.74) is -0.311. The number of carbonyl (C=O) groups is 2. The van der Waals surface area contributed by atoms with Gasteiger partial charge >= 0.3 is 11.9 Å². The van der Waals surface area contributed by atoms with E-state index in [0.717, 1.165) is 0 Å². The van der Waals surface area contributed by atoms with Crippen molar-refractivity contribution < 1.29 is 19.1 Å². The standard InChI is InChI=1S/C13H18N2O4/c1-13(2,3)19-11(16)8(7-14)9-5-6-10(15-9)12(17)18-4/h10,15H,5-6H2,1-4H3/b9-8+/t10-/m0/s1. The van der Waals surface area contributed by atoms with Crippen LogP contribution in [0.5, 0.6) is 0 Å². The highest BCUT2D eigenvalue weighted by Crippen LogP contribution is 2.21. The lowest BCUT2D eigenvalue weighted by atomic mass is 10.1. The van der Waals surface area contributed by atoms with Crippen molar-refractivity contribution in [2.24, 2.45) is 0 Å². The van der Waals surface area contributed by atoms with Gasteiger partial charge in [-0.05, 0) is 33.6 Å². The molecule has 1 N–H and O–H groups in total. The molecule has 0 amide bonds. The molecular formula is C13H18N2O4. The first-order chi connectivity index (χ1) is 8.78. The fourth-order valence-corrected chi connectivity index (χ4v) is 1.72. The van der Waals surface area contributed by atoms with Crippen LogP contribution in [0.2, 0.25) is 0 Å². The molecule has 0 spiro atoms. The maximum Gasteiger partial charge on any atom is 0.351 e. The van der Waals surface area contributed by atoms with Crippen LogP contribution in [0.4, 0.5) is 0 Å². The highest BCUT2D eigenvalue weighted by molar-refractivity contribution is 5.94. The Morgan fingerprint density at radius 3 is 2.53 bits per heavy atom. The summed E-state index contributed by atoms with van der Waals surface area (Å²) in [7, 11) is 1.30. The second kappa shape index (κ2) is 5.74. The zero-order valence-electron chi connectivity index (χ0n) is 11.6. The molecule has 0 aromatic rings. The van der Waals surface area contributed by atoms with Gasteiger partial charge in [0, 0.05) is 5.70 Å². The highest BCUT2D eigenvalue weighted by Gasteiger charge is 2.31. The third-order valence-electron chi connectivity index (χ3n) is 2.53. The van der Waals surface area contributed by atoms with Gasteiger partial charge in [-0.15, -0.1) is 0 Å². The largest absolute Gasteiger partial charge is 0.467 e. The molecule has 104 valence electrons. The molecule has 0 aromatic heterocycles. The molecule has 1 aliphatic heterocycles. The Labute approximate surface area is 112 Å². The summed E-state index contributed by atoms with van der Waals surface area (Å²) in [5.74, 6) is -1.08. The third kappa shape index (κ3) is 3.98. The normalized spacial score (nSPS) is 21.1. The van der Waals surface area contributed by atoms with Gasteiger partial charge in [0.2, 0.25) is 0 Å². The number of hydrogen-bond donors (Lipinski definition) is 1. The molecular weight excluding hydrogens is 248 g/mol. The summed E-state index contributed by atoms with van der Waals surface area (Å²) in [6.07, 6.45) is 0.942. The maximum atomic E-state index is 11.9. The number of nitrogens with zero attached hydrogens (tertiary/aromatic N) is 1. The predicted octanol–water partition coefficient (Wildman–Crippen LogP) is 1.03. The van der Waals surface area contributed by atoms with Gasteiger partial charge in [-0.1, -0.05) is 0 Å². The van der Waals surface area contributed by atoms with Crippen LogP contribution in [-0.4, -0.2) is 30.7 Å². The molecule has 6 heteroatoms. The summed E-state index contributed by atoms with van der Waals surface area (Å²) in [6, 6.07) is 1.33. The van der Waals surface area contributed by atoms with Crippen molar-refractivity contribution in [2.45, 2.75) is 45.3 Å². The molecule has 1 heterocycles. The van der Waals surface area contributed by atoms with E-state index in [-0.39, 0.29) is 5.57 Å². The van der Waals surface area contributed by atoms with Crippen LogP contribution in [-0.2, 0) is 19.1 Å². The Hall–Kier alpha value is -2.03. The first kappa shape index (κ1) is 15.0. The Morgan fingerprint density at radius 2 is 2.05 bits per heavy atom. The first-order valence-electron chi connectivity index (χ1n) is 5.99. The molecule has 0 saturated carbocycles. The fraction of sp³-hybridized carbons (Fsp3) is 0.615. The number of carbonyl (C=O) groups excluding carboxylic acids is 2. The lowest BCUT2D eigenvalue weighted by molar-refractivity contribution is -0.149. The van der Waals surface area contributed by atoms with Crippen molar-refractivity contribution >= 4 is 11.9 Å². The van der Waals surface area contributed by atoms with Gasteiger partial charge in [-0.3, -0.25) is 0 Å². The highest BCUT2D eigenvalue weighted by atomic mass is 16.6. The van der Waals surface area contributed by atoms with Gasteiger partial charge in [0.1, 0.15) is 17.7 Å². The second-order valence-corrected chi connectivity index (χ2v) is 5.23. The molecule has 0 unspecified atom stereocenters. The molecule has 0 aromatic carbocycles. The summed E-state index contributed by atoms with van der Waals surface area (Å²) in [5, 5.41) is 11.9. The van der Waals surface area contributed by atoms with Crippen molar-refractivity contribution in [3.63, 3.8) is 0 Å². The van der Waals surface area contributed by atoms with E-state index < -0.39 is 23.6 Å². The molecule has 1 saturated heterocycles. The van der Waals surface area contributed by atoms with Crippen molar-refractivity contribution in [1.29, 1.82) is 5.26 Å². The van der Waals surface area contributed by atoms with E-state index in [1.807, 2.05) is 6.07 Å². The molecule has 1 atom stereocenters. The summed E-state index contributed by atoms with van der Waals surface area (Å²) < 4.78 is 9.76. The lowest BCUT2D eigenvalue weighted by Crippen LogP contribution is -2.32. The minimum atomic E-state index is -0.678. The Balaban J connectivity index is 2.86. The Bertz CT molecular complexity index is 454. The van der Waals surface area contributed by atoms with Crippen LogP contribution in [0.15, 0.2) is 11.3 Å². The van der Waals surface area contributed by atoms with E-state index in [9.17, 15) is 9.59 Å². The van der Waals surface area contributed by atoms with Gasteiger partial charge in [-0.2, -0.15) is 5.26 Å². The zero-order chi connectivity index (χ0) is 14.6. The van der Waals surface area contributed by atoms with E-state index >= 15 is 0 Å². The van der Waals surface area contributed by atoms with E-state index in [1.54, 1.807) is 20.8 Å². The van der Waals surface area contributed by atoms with E-state index in [2.05, 4.69) is 10.1 Å². The van der Waals surface area contributed by atoms with Crippen LogP contribution in [0.1, 0.15) is 33.6 Å². The average Bonchev–Trinajstić information content (AvgIpc) is 2.76. The van der Waals surface area contributed by atoms with E-state index in [4.69, 9.17) is 10.00 Å². The van der Waals surface area contributed by atoms with Gasteiger partial charge < -0.3 is 14.8 Å². The second-order valence-electron chi connectivity index (χ2n) is 5.23. The van der Waals surface area contributed by atoms with Crippen molar-refractivity contribution in [3.05, 3.63) is 11.3 Å². The quantitative estimate of drug-likeness (QED) is 0.456. The lowest BCUT2D eigenvalue weighted by Gasteiger charge is -2.19. The maximum absolute atomic E-state index is 11.9. The number of esters is 2. The molecule has 1 fully saturated rings. The molecule has 1 aliphatic rings. The fourth-order valence-electron chi connectivity index (χ4n) is 1.72. The molecule has 6 nitrogen and oxygen atoms in total. The van der Waals surface area contributed by atoms with Crippen molar-refractivity contribution in [1.82, 2.24) is 5.32 Å². The van der Waals surface area contributed by atoms with E-state index in [0.29, 0.717) is 18.5 Å². The molecule has 0 aliphatic carbocycles. The topological polar surface area (TPSA) is 88.4 Å². The third-order valence-corrected chi connectivity index (χ3v) is 2.53.